The molecule has 1 heterocycles. The van der Waals surface area contributed by atoms with Crippen LogP contribution in [-0.2, 0) is 0 Å². The summed E-state index contributed by atoms with van der Waals surface area (Å²) in [6.07, 6.45) is 0.671. The molecule has 18 heavy (non-hydrogen) atoms. The summed E-state index contributed by atoms with van der Waals surface area (Å²) >= 11 is 0. The van der Waals surface area contributed by atoms with Gasteiger partial charge in [-0.25, -0.2) is 0 Å². The standard InChI is InChI=1S/C13H25F3N2/c1-12(11-17,7-6-8-13(14,15)16)18-9-4-2-3-5-10-18/h2-11,17H2,1H3. The van der Waals surface area contributed by atoms with Gasteiger partial charge in [0.05, 0.1) is 0 Å². The number of alkyl halides is 3. The van der Waals surface area contributed by atoms with Crippen LogP contribution in [0.3, 0.4) is 0 Å². The lowest BCUT2D eigenvalue weighted by atomic mass is 9.92. The molecule has 0 saturated carbocycles. The van der Waals surface area contributed by atoms with Gasteiger partial charge in [0.15, 0.2) is 0 Å². The number of rotatable bonds is 5. The maximum atomic E-state index is 12.2. The van der Waals surface area contributed by atoms with E-state index < -0.39 is 12.6 Å². The minimum atomic E-state index is -4.05. The van der Waals surface area contributed by atoms with Gasteiger partial charge in [-0.15, -0.1) is 0 Å². The van der Waals surface area contributed by atoms with Crippen molar-refractivity contribution in [1.29, 1.82) is 0 Å². The molecule has 0 radical (unpaired) electrons. The Labute approximate surface area is 108 Å². The van der Waals surface area contributed by atoms with Crippen molar-refractivity contribution in [2.45, 2.75) is 63.6 Å². The molecule has 0 spiro atoms. The van der Waals surface area contributed by atoms with Crippen LogP contribution in [0.25, 0.3) is 0 Å². The molecular weight excluding hydrogens is 241 g/mol. The van der Waals surface area contributed by atoms with Crippen molar-refractivity contribution in [2.75, 3.05) is 19.6 Å². The number of halogens is 3. The topological polar surface area (TPSA) is 29.3 Å². The smallest absolute Gasteiger partial charge is 0.329 e. The third-order valence-corrected chi connectivity index (χ3v) is 3.98. The van der Waals surface area contributed by atoms with E-state index in [0.29, 0.717) is 13.0 Å². The Morgan fingerprint density at radius 2 is 1.56 bits per heavy atom. The molecule has 1 fully saturated rings. The molecule has 1 rings (SSSR count). The van der Waals surface area contributed by atoms with Gasteiger partial charge in [0.25, 0.3) is 0 Å². The van der Waals surface area contributed by atoms with Crippen LogP contribution in [0.15, 0.2) is 0 Å². The summed E-state index contributed by atoms with van der Waals surface area (Å²) in [5, 5.41) is 0. The van der Waals surface area contributed by atoms with Crippen LogP contribution in [0.4, 0.5) is 13.2 Å². The summed E-state index contributed by atoms with van der Waals surface area (Å²) in [4.78, 5) is 2.30. The van der Waals surface area contributed by atoms with Gasteiger partial charge < -0.3 is 5.73 Å². The fraction of sp³-hybridized carbons (Fsp3) is 1.00. The van der Waals surface area contributed by atoms with Gasteiger partial charge in [-0.1, -0.05) is 12.8 Å². The van der Waals surface area contributed by atoms with Gasteiger partial charge in [0.1, 0.15) is 0 Å². The second-order valence-electron chi connectivity index (χ2n) is 5.57. The van der Waals surface area contributed by atoms with Crippen LogP contribution in [-0.4, -0.2) is 36.2 Å². The summed E-state index contributed by atoms with van der Waals surface area (Å²) in [6.45, 7) is 4.39. The van der Waals surface area contributed by atoms with Gasteiger partial charge in [-0.3, -0.25) is 4.90 Å². The number of hydrogen-bond donors (Lipinski definition) is 1. The average Bonchev–Trinajstić information content (AvgIpc) is 2.56. The maximum absolute atomic E-state index is 12.2. The fourth-order valence-corrected chi connectivity index (χ4v) is 2.67. The van der Waals surface area contributed by atoms with Crippen molar-refractivity contribution >= 4 is 0 Å². The SMILES string of the molecule is CC(CN)(CCCC(F)(F)F)N1CCCCCC1. The number of hydrogen-bond acceptors (Lipinski definition) is 2. The molecule has 0 aromatic heterocycles. The summed E-state index contributed by atoms with van der Waals surface area (Å²) in [6, 6.07) is 0. The van der Waals surface area contributed by atoms with Crippen LogP contribution in [0.5, 0.6) is 0 Å². The second kappa shape index (κ2) is 6.75. The predicted octanol–water partition coefficient (Wildman–Crippen LogP) is 3.31. The zero-order chi connectivity index (χ0) is 13.6. The van der Waals surface area contributed by atoms with Crippen molar-refractivity contribution in [3.63, 3.8) is 0 Å². The van der Waals surface area contributed by atoms with E-state index in [1.165, 1.54) is 12.8 Å². The minimum Gasteiger partial charge on any atom is -0.329 e. The average molecular weight is 266 g/mol. The Kier molecular flexibility index (Phi) is 5.92. The van der Waals surface area contributed by atoms with Crippen LogP contribution >= 0.6 is 0 Å². The molecule has 2 N–H and O–H groups in total. The zero-order valence-corrected chi connectivity index (χ0v) is 11.2. The summed E-state index contributed by atoms with van der Waals surface area (Å²) in [5.74, 6) is 0. The quantitative estimate of drug-likeness (QED) is 0.827. The highest BCUT2D eigenvalue weighted by Crippen LogP contribution is 2.28. The Morgan fingerprint density at radius 1 is 1.00 bits per heavy atom. The Bertz CT molecular complexity index is 235. The largest absolute Gasteiger partial charge is 0.389 e. The number of nitrogens with two attached hydrogens (primary N) is 1. The van der Waals surface area contributed by atoms with Crippen molar-refractivity contribution in [1.82, 2.24) is 4.90 Å². The molecule has 2 nitrogen and oxygen atoms in total. The highest BCUT2D eigenvalue weighted by Gasteiger charge is 2.33. The Hall–Kier alpha value is -0.290. The van der Waals surface area contributed by atoms with E-state index in [1.54, 1.807) is 0 Å². The fourth-order valence-electron chi connectivity index (χ4n) is 2.67. The van der Waals surface area contributed by atoms with Crippen molar-refractivity contribution in [3.05, 3.63) is 0 Å². The monoisotopic (exact) mass is 266 g/mol. The van der Waals surface area contributed by atoms with Crippen molar-refractivity contribution < 1.29 is 13.2 Å². The summed E-state index contributed by atoms with van der Waals surface area (Å²) in [5.41, 5.74) is 5.55. The normalized spacial score (nSPS) is 22.5. The minimum absolute atomic E-state index is 0.174. The molecule has 0 bridgehead atoms. The van der Waals surface area contributed by atoms with E-state index in [4.69, 9.17) is 5.73 Å². The summed E-state index contributed by atoms with van der Waals surface area (Å²) < 4.78 is 36.6. The lowest BCUT2D eigenvalue weighted by Gasteiger charge is -2.40. The molecule has 0 amide bonds. The third kappa shape index (κ3) is 5.14. The highest BCUT2D eigenvalue weighted by atomic mass is 19.4. The molecule has 1 saturated heterocycles. The van der Waals surface area contributed by atoms with E-state index in [0.717, 1.165) is 25.9 Å². The molecule has 1 atom stereocenters. The van der Waals surface area contributed by atoms with Crippen LogP contribution in [0.2, 0.25) is 0 Å². The van der Waals surface area contributed by atoms with Gasteiger partial charge in [-0.2, -0.15) is 13.2 Å². The van der Waals surface area contributed by atoms with Crippen molar-refractivity contribution in [3.8, 4) is 0 Å². The van der Waals surface area contributed by atoms with Gasteiger partial charge in [-0.05, 0) is 45.7 Å². The van der Waals surface area contributed by atoms with Gasteiger partial charge in [0.2, 0.25) is 0 Å². The highest BCUT2D eigenvalue weighted by molar-refractivity contribution is 4.88. The first kappa shape index (κ1) is 15.8. The molecule has 0 aromatic rings. The van der Waals surface area contributed by atoms with E-state index in [1.807, 2.05) is 6.92 Å². The lowest BCUT2D eigenvalue weighted by Crippen LogP contribution is -2.52. The van der Waals surface area contributed by atoms with E-state index in [9.17, 15) is 13.2 Å². The zero-order valence-electron chi connectivity index (χ0n) is 11.2. The Balaban J connectivity index is 2.49. The molecule has 0 aliphatic carbocycles. The third-order valence-electron chi connectivity index (χ3n) is 3.98. The molecule has 108 valence electrons. The first-order valence-corrected chi connectivity index (χ1v) is 6.89. The molecule has 1 aliphatic heterocycles. The number of likely N-dealkylation sites (tertiary alicyclic amines) is 1. The van der Waals surface area contributed by atoms with Gasteiger partial charge >= 0.3 is 6.18 Å². The van der Waals surface area contributed by atoms with Crippen LogP contribution < -0.4 is 5.73 Å². The molecule has 1 unspecified atom stereocenters. The molecule has 5 heteroatoms. The molecule has 1 aliphatic rings. The van der Waals surface area contributed by atoms with E-state index >= 15 is 0 Å². The van der Waals surface area contributed by atoms with Gasteiger partial charge in [0, 0.05) is 18.5 Å². The van der Waals surface area contributed by atoms with E-state index in [-0.39, 0.29) is 12.0 Å². The number of nitrogens with zero attached hydrogens (tertiary/aromatic N) is 1. The van der Waals surface area contributed by atoms with Crippen LogP contribution in [0, 0.1) is 0 Å². The first-order chi connectivity index (χ1) is 8.37. The van der Waals surface area contributed by atoms with E-state index in [2.05, 4.69) is 4.90 Å². The molecule has 0 aromatic carbocycles. The lowest BCUT2D eigenvalue weighted by molar-refractivity contribution is -0.136. The molecular formula is C13H25F3N2. The maximum Gasteiger partial charge on any atom is 0.389 e. The van der Waals surface area contributed by atoms with Crippen molar-refractivity contribution in [2.24, 2.45) is 5.73 Å². The summed E-state index contributed by atoms with van der Waals surface area (Å²) in [7, 11) is 0. The Morgan fingerprint density at radius 3 is 2.00 bits per heavy atom. The van der Waals surface area contributed by atoms with Crippen LogP contribution in [0.1, 0.15) is 51.9 Å². The second-order valence-corrected chi connectivity index (χ2v) is 5.57. The first-order valence-electron chi connectivity index (χ1n) is 6.89. The predicted molar refractivity (Wildman–Crippen MR) is 67.4 cm³/mol.